The van der Waals surface area contributed by atoms with Crippen molar-refractivity contribution < 1.29 is 4.79 Å². The van der Waals surface area contributed by atoms with E-state index >= 15 is 0 Å². The number of hydrogen-bond acceptors (Lipinski definition) is 3. The highest BCUT2D eigenvalue weighted by molar-refractivity contribution is 5.81. The van der Waals surface area contributed by atoms with E-state index in [-0.39, 0.29) is 5.92 Å². The SMILES string of the molecule is CC1CCC(=O)C(Cc2ncccn2)C1. The first-order valence-corrected chi connectivity index (χ1v) is 5.54. The van der Waals surface area contributed by atoms with Crippen molar-refractivity contribution in [2.45, 2.75) is 32.6 Å². The molecule has 15 heavy (non-hydrogen) atoms. The highest BCUT2D eigenvalue weighted by atomic mass is 16.1. The fraction of sp³-hybridized carbons (Fsp3) is 0.583. The summed E-state index contributed by atoms with van der Waals surface area (Å²) in [6, 6.07) is 1.80. The van der Waals surface area contributed by atoms with E-state index < -0.39 is 0 Å². The monoisotopic (exact) mass is 204 g/mol. The molecule has 0 aromatic carbocycles. The summed E-state index contributed by atoms with van der Waals surface area (Å²) in [4.78, 5) is 20.0. The Balaban J connectivity index is 2.01. The molecule has 2 unspecified atom stereocenters. The van der Waals surface area contributed by atoms with E-state index in [4.69, 9.17) is 0 Å². The van der Waals surface area contributed by atoms with Crippen LogP contribution in [0.2, 0.25) is 0 Å². The summed E-state index contributed by atoms with van der Waals surface area (Å²) in [5.74, 6) is 2.00. The molecule has 2 rings (SSSR count). The number of rotatable bonds is 2. The normalized spacial score (nSPS) is 26.6. The maximum atomic E-state index is 11.7. The van der Waals surface area contributed by atoms with Crippen LogP contribution >= 0.6 is 0 Å². The smallest absolute Gasteiger partial charge is 0.136 e. The van der Waals surface area contributed by atoms with E-state index in [2.05, 4.69) is 16.9 Å². The van der Waals surface area contributed by atoms with Crippen LogP contribution in [-0.4, -0.2) is 15.8 Å². The second-order valence-electron chi connectivity index (χ2n) is 4.41. The summed E-state index contributed by atoms with van der Waals surface area (Å²) in [7, 11) is 0. The Labute approximate surface area is 89.9 Å². The van der Waals surface area contributed by atoms with Crippen molar-refractivity contribution in [3.05, 3.63) is 24.3 Å². The Morgan fingerprint density at radius 3 is 2.87 bits per heavy atom. The van der Waals surface area contributed by atoms with E-state index in [1.54, 1.807) is 18.5 Å². The number of Topliss-reactive ketones (excluding diaryl/α,β-unsaturated/α-hetero) is 1. The molecule has 0 saturated heterocycles. The van der Waals surface area contributed by atoms with Gasteiger partial charge in [0.1, 0.15) is 11.6 Å². The van der Waals surface area contributed by atoms with Gasteiger partial charge in [0.05, 0.1) is 0 Å². The molecule has 2 atom stereocenters. The second kappa shape index (κ2) is 4.51. The molecule has 0 radical (unpaired) electrons. The summed E-state index contributed by atoms with van der Waals surface area (Å²) >= 11 is 0. The molecule has 0 amide bonds. The van der Waals surface area contributed by atoms with Gasteiger partial charge in [-0.1, -0.05) is 6.92 Å². The Morgan fingerprint density at radius 2 is 2.13 bits per heavy atom. The fourth-order valence-corrected chi connectivity index (χ4v) is 2.18. The van der Waals surface area contributed by atoms with Crippen LogP contribution in [0.25, 0.3) is 0 Å². The van der Waals surface area contributed by atoms with Crippen molar-refractivity contribution in [3.63, 3.8) is 0 Å². The highest BCUT2D eigenvalue weighted by Crippen LogP contribution is 2.27. The third-order valence-corrected chi connectivity index (χ3v) is 3.07. The Kier molecular flexibility index (Phi) is 3.09. The van der Waals surface area contributed by atoms with Crippen LogP contribution in [0, 0.1) is 11.8 Å². The molecular formula is C12H16N2O. The number of nitrogens with zero attached hydrogens (tertiary/aromatic N) is 2. The van der Waals surface area contributed by atoms with E-state index in [0.717, 1.165) is 25.1 Å². The average Bonchev–Trinajstić information content (AvgIpc) is 2.25. The van der Waals surface area contributed by atoms with E-state index in [9.17, 15) is 4.79 Å². The molecule has 0 spiro atoms. The quantitative estimate of drug-likeness (QED) is 0.740. The van der Waals surface area contributed by atoms with Gasteiger partial charge in [-0.05, 0) is 24.8 Å². The minimum Gasteiger partial charge on any atom is -0.299 e. The molecule has 0 bridgehead atoms. The molecule has 1 aromatic heterocycles. The Morgan fingerprint density at radius 1 is 1.40 bits per heavy atom. The van der Waals surface area contributed by atoms with Gasteiger partial charge in [-0.15, -0.1) is 0 Å². The maximum Gasteiger partial charge on any atom is 0.136 e. The standard InChI is InChI=1S/C12H16N2O/c1-9-3-4-11(15)10(7-9)8-12-13-5-2-6-14-12/h2,5-6,9-10H,3-4,7-8H2,1H3. The first-order valence-electron chi connectivity index (χ1n) is 5.54. The van der Waals surface area contributed by atoms with Crippen molar-refractivity contribution in [1.29, 1.82) is 0 Å². The topological polar surface area (TPSA) is 42.9 Å². The molecule has 1 saturated carbocycles. The molecule has 80 valence electrons. The van der Waals surface area contributed by atoms with Crippen LogP contribution in [0.1, 0.15) is 32.0 Å². The molecule has 3 heteroatoms. The third kappa shape index (κ3) is 2.61. The lowest BCUT2D eigenvalue weighted by atomic mass is 9.80. The summed E-state index contributed by atoms with van der Waals surface area (Å²) in [5, 5.41) is 0. The van der Waals surface area contributed by atoms with Gasteiger partial charge in [0.15, 0.2) is 0 Å². The lowest BCUT2D eigenvalue weighted by molar-refractivity contribution is -0.125. The molecule has 0 aliphatic heterocycles. The van der Waals surface area contributed by atoms with Crippen LogP contribution in [0.15, 0.2) is 18.5 Å². The van der Waals surface area contributed by atoms with Crippen molar-refractivity contribution in [3.8, 4) is 0 Å². The van der Waals surface area contributed by atoms with Gasteiger partial charge >= 0.3 is 0 Å². The molecular weight excluding hydrogens is 188 g/mol. The molecule has 1 aliphatic rings. The van der Waals surface area contributed by atoms with Crippen LogP contribution < -0.4 is 0 Å². The molecule has 1 aliphatic carbocycles. The first-order chi connectivity index (χ1) is 7.25. The number of carbonyl (C=O) groups is 1. The third-order valence-electron chi connectivity index (χ3n) is 3.07. The molecule has 0 N–H and O–H groups in total. The van der Waals surface area contributed by atoms with Gasteiger partial charge in [0.2, 0.25) is 0 Å². The van der Waals surface area contributed by atoms with E-state index in [1.807, 2.05) is 0 Å². The fourth-order valence-electron chi connectivity index (χ4n) is 2.18. The summed E-state index contributed by atoms with van der Waals surface area (Å²) in [6.07, 6.45) is 6.96. The van der Waals surface area contributed by atoms with Gasteiger partial charge < -0.3 is 0 Å². The largest absolute Gasteiger partial charge is 0.299 e. The van der Waals surface area contributed by atoms with Crippen LogP contribution in [-0.2, 0) is 11.2 Å². The number of hydrogen-bond donors (Lipinski definition) is 0. The lowest BCUT2D eigenvalue weighted by Crippen LogP contribution is -2.26. The minimum atomic E-state index is 0.149. The first kappa shape index (κ1) is 10.3. The van der Waals surface area contributed by atoms with E-state index in [0.29, 0.717) is 18.1 Å². The Bertz CT molecular complexity index is 337. The van der Waals surface area contributed by atoms with Crippen molar-refractivity contribution in [1.82, 2.24) is 9.97 Å². The zero-order chi connectivity index (χ0) is 10.7. The molecule has 1 aromatic rings. The van der Waals surface area contributed by atoms with Gasteiger partial charge in [-0.2, -0.15) is 0 Å². The number of carbonyl (C=O) groups excluding carboxylic acids is 1. The number of aromatic nitrogens is 2. The number of ketones is 1. The minimum absolute atomic E-state index is 0.149. The summed E-state index contributed by atoms with van der Waals surface area (Å²) in [5.41, 5.74) is 0. The summed E-state index contributed by atoms with van der Waals surface area (Å²) in [6.45, 7) is 2.21. The zero-order valence-electron chi connectivity index (χ0n) is 9.02. The molecule has 1 fully saturated rings. The molecule has 1 heterocycles. The van der Waals surface area contributed by atoms with Crippen LogP contribution in [0.3, 0.4) is 0 Å². The maximum absolute atomic E-state index is 11.7. The van der Waals surface area contributed by atoms with Crippen molar-refractivity contribution in [2.75, 3.05) is 0 Å². The van der Waals surface area contributed by atoms with E-state index in [1.165, 1.54) is 0 Å². The van der Waals surface area contributed by atoms with Gasteiger partial charge in [-0.25, -0.2) is 9.97 Å². The highest BCUT2D eigenvalue weighted by Gasteiger charge is 2.26. The predicted octanol–water partition coefficient (Wildman–Crippen LogP) is 2.02. The van der Waals surface area contributed by atoms with Crippen LogP contribution in [0.4, 0.5) is 0 Å². The molecule has 3 nitrogen and oxygen atoms in total. The Hall–Kier alpha value is -1.25. The van der Waals surface area contributed by atoms with Crippen molar-refractivity contribution >= 4 is 5.78 Å². The zero-order valence-corrected chi connectivity index (χ0v) is 9.02. The average molecular weight is 204 g/mol. The second-order valence-corrected chi connectivity index (χ2v) is 4.41. The lowest BCUT2D eigenvalue weighted by Gasteiger charge is -2.24. The van der Waals surface area contributed by atoms with Gasteiger partial charge in [0.25, 0.3) is 0 Å². The predicted molar refractivity (Wildman–Crippen MR) is 57.2 cm³/mol. The van der Waals surface area contributed by atoms with Crippen molar-refractivity contribution in [2.24, 2.45) is 11.8 Å². The van der Waals surface area contributed by atoms with Crippen LogP contribution in [0.5, 0.6) is 0 Å². The summed E-state index contributed by atoms with van der Waals surface area (Å²) < 4.78 is 0. The van der Waals surface area contributed by atoms with Gasteiger partial charge in [0, 0.05) is 31.2 Å². The van der Waals surface area contributed by atoms with Gasteiger partial charge in [-0.3, -0.25) is 4.79 Å².